The van der Waals surface area contributed by atoms with Crippen LogP contribution in [0.4, 0.5) is 25.0 Å². The summed E-state index contributed by atoms with van der Waals surface area (Å²) in [6.45, 7) is 0.707. The van der Waals surface area contributed by atoms with Gasteiger partial charge in [-0.05, 0) is 24.3 Å². The standard InChI is InChI=1S/C14H16F2N4O2/c15-14(16)7-11(18-8-14)12(21)19-9-1-3-10(4-2-9)20-6-5-17-13(20)22/h1-4,11,18H,5-8H2,(H,17,22)(H,19,21). The molecule has 118 valence electrons. The number of halogens is 2. The van der Waals surface area contributed by atoms with Crippen molar-refractivity contribution < 1.29 is 18.4 Å². The second kappa shape index (κ2) is 5.53. The summed E-state index contributed by atoms with van der Waals surface area (Å²) in [5.41, 5.74) is 1.23. The number of anilines is 2. The molecular weight excluding hydrogens is 294 g/mol. The van der Waals surface area contributed by atoms with Crippen molar-refractivity contribution in [2.45, 2.75) is 18.4 Å². The summed E-state index contributed by atoms with van der Waals surface area (Å²) < 4.78 is 26.1. The van der Waals surface area contributed by atoms with E-state index in [0.29, 0.717) is 18.8 Å². The van der Waals surface area contributed by atoms with Crippen molar-refractivity contribution in [3.8, 4) is 0 Å². The lowest BCUT2D eigenvalue weighted by Crippen LogP contribution is -2.35. The van der Waals surface area contributed by atoms with Gasteiger partial charge in [-0.25, -0.2) is 13.6 Å². The number of amides is 3. The number of urea groups is 1. The van der Waals surface area contributed by atoms with Crippen molar-refractivity contribution in [2.75, 3.05) is 29.9 Å². The van der Waals surface area contributed by atoms with Gasteiger partial charge in [0.15, 0.2) is 0 Å². The molecule has 0 spiro atoms. The Morgan fingerprint density at radius 1 is 1.32 bits per heavy atom. The van der Waals surface area contributed by atoms with E-state index in [1.165, 1.54) is 0 Å². The van der Waals surface area contributed by atoms with E-state index in [1.54, 1.807) is 29.2 Å². The van der Waals surface area contributed by atoms with Crippen LogP contribution in [0.25, 0.3) is 0 Å². The number of carbonyl (C=O) groups excluding carboxylic acids is 2. The summed E-state index contributed by atoms with van der Waals surface area (Å²) >= 11 is 0. The fraction of sp³-hybridized carbons (Fsp3) is 0.429. The summed E-state index contributed by atoms with van der Waals surface area (Å²) in [7, 11) is 0. The van der Waals surface area contributed by atoms with Gasteiger partial charge in [0.2, 0.25) is 5.91 Å². The van der Waals surface area contributed by atoms with E-state index in [-0.39, 0.29) is 6.03 Å². The Bertz CT molecular complexity index is 591. The van der Waals surface area contributed by atoms with E-state index < -0.39 is 30.8 Å². The normalized spacial score (nSPS) is 23.5. The lowest BCUT2D eigenvalue weighted by Gasteiger charge is -2.15. The van der Waals surface area contributed by atoms with Gasteiger partial charge in [-0.1, -0.05) is 0 Å². The van der Waals surface area contributed by atoms with Crippen LogP contribution >= 0.6 is 0 Å². The largest absolute Gasteiger partial charge is 0.336 e. The predicted molar refractivity (Wildman–Crippen MR) is 77.2 cm³/mol. The van der Waals surface area contributed by atoms with Crippen LogP contribution in [0.3, 0.4) is 0 Å². The van der Waals surface area contributed by atoms with E-state index in [4.69, 9.17) is 0 Å². The van der Waals surface area contributed by atoms with Crippen LogP contribution in [0.2, 0.25) is 0 Å². The van der Waals surface area contributed by atoms with Crippen LogP contribution in [-0.4, -0.2) is 43.5 Å². The van der Waals surface area contributed by atoms with Crippen molar-refractivity contribution in [1.29, 1.82) is 0 Å². The molecule has 0 aromatic heterocycles. The monoisotopic (exact) mass is 310 g/mol. The Morgan fingerprint density at radius 2 is 2.05 bits per heavy atom. The Hall–Kier alpha value is -2.22. The Kier molecular flexibility index (Phi) is 3.69. The van der Waals surface area contributed by atoms with Gasteiger partial charge in [0, 0.05) is 30.9 Å². The third kappa shape index (κ3) is 3.01. The molecule has 6 nitrogen and oxygen atoms in total. The maximum Gasteiger partial charge on any atom is 0.321 e. The Morgan fingerprint density at radius 3 is 2.59 bits per heavy atom. The first-order valence-corrected chi connectivity index (χ1v) is 7.02. The summed E-state index contributed by atoms with van der Waals surface area (Å²) in [5.74, 6) is -3.32. The highest BCUT2D eigenvalue weighted by atomic mass is 19.3. The summed E-state index contributed by atoms with van der Waals surface area (Å²) in [6, 6.07) is 5.65. The second-order valence-corrected chi connectivity index (χ2v) is 5.41. The van der Waals surface area contributed by atoms with Crippen molar-refractivity contribution in [1.82, 2.24) is 10.6 Å². The highest BCUT2D eigenvalue weighted by Crippen LogP contribution is 2.26. The molecule has 0 bridgehead atoms. The van der Waals surface area contributed by atoms with Gasteiger partial charge in [0.1, 0.15) is 0 Å². The minimum absolute atomic E-state index is 0.158. The summed E-state index contributed by atoms with van der Waals surface area (Å²) in [5, 5.41) is 7.80. The van der Waals surface area contributed by atoms with E-state index >= 15 is 0 Å². The van der Waals surface area contributed by atoms with E-state index in [2.05, 4.69) is 16.0 Å². The molecule has 1 atom stereocenters. The second-order valence-electron chi connectivity index (χ2n) is 5.41. The molecule has 2 aliphatic rings. The van der Waals surface area contributed by atoms with Gasteiger partial charge in [-0.2, -0.15) is 0 Å². The Labute approximate surface area is 125 Å². The van der Waals surface area contributed by atoms with Crippen molar-refractivity contribution >= 4 is 23.3 Å². The molecule has 0 radical (unpaired) electrons. The van der Waals surface area contributed by atoms with Gasteiger partial charge in [0.05, 0.1) is 12.6 Å². The van der Waals surface area contributed by atoms with Crippen molar-refractivity contribution in [3.63, 3.8) is 0 Å². The smallest absolute Gasteiger partial charge is 0.321 e. The first kappa shape index (κ1) is 14.7. The van der Waals surface area contributed by atoms with Crippen LogP contribution in [0.5, 0.6) is 0 Å². The van der Waals surface area contributed by atoms with E-state index in [9.17, 15) is 18.4 Å². The molecule has 2 saturated heterocycles. The highest BCUT2D eigenvalue weighted by Gasteiger charge is 2.42. The lowest BCUT2D eigenvalue weighted by molar-refractivity contribution is -0.118. The number of alkyl halides is 2. The minimum atomic E-state index is -2.84. The van der Waals surface area contributed by atoms with Gasteiger partial charge in [-0.3, -0.25) is 15.0 Å². The fourth-order valence-electron chi connectivity index (χ4n) is 2.57. The molecule has 2 aliphatic heterocycles. The molecule has 3 amide bonds. The maximum absolute atomic E-state index is 13.1. The maximum atomic E-state index is 13.1. The number of hydrogen-bond donors (Lipinski definition) is 3. The van der Waals surface area contributed by atoms with E-state index in [1.807, 2.05) is 0 Å². The number of benzene rings is 1. The van der Waals surface area contributed by atoms with Crippen LogP contribution in [0, 0.1) is 0 Å². The molecule has 2 heterocycles. The van der Waals surface area contributed by atoms with Crippen LogP contribution < -0.4 is 20.9 Å². The van der Waals surface area contributed by atoms with E-state index in [0.717, 1.165) is 5.69 Å². The molecule has 3 N–H and O–H groups in total. The van der Waals surface area contributed by atoms with Crippen molar-refractivity contribution in [2.24, 2.45) is 0 Å². The van der Waals surface area contributed by atoms with Crippen LogP contribution in [-0.2, 0) is 4.79 Å². The topological polar surface area (TPSA) is 73.5 Å². The summed E-state index contributed by atoms with van der Waals surface area (Å²) in [4.78, 5) is 25.0. The highest BCUT2D eigenvalue weighted by molar-refractivity contribution is 5.96. The molecule has 8 heteroatoms. The fourth-order valence-corrected chi connectivity index (χ4v) is 2.57. The average Bonchev–Trinajstić information content (AvgIpc) is 3.05. The quantitative estimate of drug-likeness (QED) is 0.784. The molecule has 2 fully saturated rings. The zero-order chi connectivity index (χ0) is 15.7. The van der Waals surface area contributed by atoms with Crippen molar-refractivity contribution in [3.05, 3.63) is 24.3 Å². The van der Waals surface area contributed by atoms with Gasteiger partial charge < -0.3 is 10.6 Å². The molecule has 3 rings (SSSR count). The van der Waals surface area contributed by atoms with Gasteiger partial charge in [-0.15, -0.1) is 0 Å². The number of nitrogens with one attached hydrogen (secondary N) is 3. The van der Waals surface area contributed by atoms with Gasteiger partial charge in [0.25, 0.3) is 5.92 Å². The zero-order valence-electron chi connectivity index (χ0n) is 11.7. The SMILES string of the molecule is O=C(Nc1ccc(N2CCNC2=O)cc1)C1CC(F)(F)CN1. The molecule has 1 aromatic rings. The van der Waals surface area contributed by atoms with Crippen LogP contribution in [0.15, 0.2) is 24.3 Å². The Balaban J connectivity index is 1.61. The molecule has 22 heavy (non-hydrogen) atoms. The number of rotatable bonds is 3. The number of hydrogen-bond acceptors (Lipinski definition) is 3. The zero-order valence-corrected chi connectivity index (χ0v) is 11.7. The third-order valence-electron chi connectivity index (χ3n) is 3.73. The van der Waals surface area contributed by atoms with Crippen LogP contribution in [0.1, 0.15) is 6.42 Å². The first-order chi connectivity index (χ1) is 10.4. The van der Waals surface area contributed by atoms with Gasteiger partial charge >= 0.3 is 6.03 Å². The molecular formula is C14H16F2N4O2. The molecule has 1 unspecified atom stereocenters. The third-order valence-corrected chi connectivity index (χ3v) is 3.73. The summed E-state index contributed by atoms with van der Waals surface area (Å²) in [6.07, 6.45) is -0.495. The first-order valence-electron chi connectivity index (χ1n) is 7.02. The predicted octanol–water partition coefficient (Wildman–Crippen LogP) is 1.15. The lowest BCUT2D eigenvalue weighted by atomic mass is 10.1. The minimum Gasteiger partial charge on any atom is -0.336 e. The average molecular weight is 310 g/mol. The number of carbonyl (C=O) groups is 2. The molecule has 0 aliphatic carbocycles. The molecule has 0 saturated carbocycles. The number of nitrogens with zero attached hydrogens (tertiary/aromatic N) is 1. The molecule has 1 aromatic carbocycles.